The van der Waals surface area contributed by atoms with Gasteiger partial charge in [-0.15, -0.1) is 0 Å². The second kappa shape index (κ2) is 7.04. The highest BCUT2D eigenvalue weighted by Gasteiger charge is 2.24. The lowest BCUT2D eigenvalue weighted by atomic mass is 10.1. The highest BCUT2D eigenvalue weighted by Crippen LogP contribution is 2.22. The Hall–Kier alpha value is -2.86. The molecule has 6 nitrogen and oxygen atoms in total. The van der Waals surface area contributed by atoms with E-state index in [0.717, 1.165) is 5.56 Å². The molecule has 27 heavy (non-hydrogen) atoms. The van der Waals surface area contributed by atoms with Gasteiger partial charge in [0.15, 0.2) is 5.69 Å². The molecular weight excluding hydrogens is 364 g/mol. The predicted molar refractivity (Wildman–Crippen MR) is 107 cm³/mol. The number of fused-ring (bicyclic) bond motifs is 1. The van der Waals surface area contributed by atoms with E-state index in [9.17, 15) is 9.59 Å². The fourth-order valence-corrected chi connectivity index (χ4v) is 2.84. The minimum Gasteiger partial charge on any atom is -0.345 e. The van der Waals surface area contributed by atoms with Crippen molar-refractivity contribution >= 4 is 34.6 Å². The largest absolute Gasteiger partial charge is 0.345 e. The first kappa shape index (κ1) is 18.9. The lowest BCUT2D eigenvalue weighted by Gasteiger charge is -2.19. The van der Waals surface area contributed by atoms with Crippen LogP contribution in [-0.2, 0) is 0 Å². The van der Waals surface area contributed by atoms with Crippen LogP contribution < -0.4 is 10.6 Å². The Labute approximate surface area is 162 Å². The molecule has 0 fully saturated rings. The van der Waals surface area contributed by atoms with Crippen molar-refractivity contribution in [2.75, 3.05) is 5.32 Å². The number of hydrogen-bond acceptors (Lipinski definition) is 3. The molecule has 3 aromatic rings. The van der Waals surface area contributed by atoms with E-state index in [1.165, 1.54) is 0 Å². The summed E-state index contributed by atoms with van der Waals surface area (Å²) in [5.41, 5.74) is 1.79. The zero-order chi connectivity index (χ0) is 19.8. The number of carbonyl (C=O) groups is 2. The highest BCUT2D eigenvalue weighted by molar-refractivity contribution is 6.31. The van der Waals surface area contributed by atoms with Crippen LogP contribution in [0.4, 0.5) is 5.69 Å². The van der Waals surface area contributed by atoms with Gasteiger partial charge in [0.25, 0.3) is 11.8 Å². The number of aromatic nitrogens is 2. The molecule has 3 rings (SSSR count). The van der Waals surface area contributed by atoms with Gasteiger partial charge in [-0.2, -0.15) is 0 Å². The molecule has 0 unspecified atom stereocenters. The monoisotopic (exact) mass is 384 g/mol. The molecular formula is C20H21ClN4O2. The Balaban J connectivity index is 2.01. The number of hydrogen-bond donors (Lipinski definition) is 2. The van der Waals surface area contributed by atoms with E-state index in [-0.39, 0.29) is 17.4 Å². The van der Waals surface area contributed by atoms with Gasteiger partial charge in [0.2, 0.25) is 5.82 Å². The quantitative estimate of drug-likeness (QED) is 0.714. The summed E-state index contributed by atoms with van der Waals surface area (Å²) in [5, 5.41) is 6.23. The van der Waals surface area contributed by atoms with E-state index in [4.69, 9.17) is 11.6 Å². The minimum atomic E-state index is -0.419. The van der Waals surface area contributed by atoms with Crippen LogP contribution in [0.3, 0.4) is 0 Å². The number of pyridine rings is 1. The molecule has 0 aliphatic heterocycles. The zero-order valence-electron chi connectivity index (χ0n) is 15.6. The summed E-state index contributed by atoms with van der Waals surface area (Å²) in [7, 11) is 0. The first-order valence-electron chi connectivity index (χ1n) is 8.53. The van der Waals surface area contributed by atoms with E-state index < -0.39 is 11.4 Å². The summed E-state index contributed by atoms with van der Waals surface area (Å²) in [4.78, 5) is 29.8. The molecule has 140 valence electrons. The molecule has 0 saturated heterocycles. The first-order valence-corrected chi connectivity index (χ1v) is 8.90. The van der Waals surface area contributed by atoms with Crippen LogP contribution in [0.5, 0.6) is 0 Å². The number of anilines is 1. The molecule has 0 radical (unpaired) electrons. The fourth-order valence-electron chi connectivity index (χ4n) is 2.67. The van der Waals surface area contributed by atoms with Gasteiger partial charge in [0.1, 0.15) is 0 Å². The zero-order valence-corrected chi connectivity index (χ0v) is 16.4. The molecule has 0 aliphatic rings. The lowest BCUT2D eigenvalue weighted by molar-refractivity contribution is 0.0908. The van der Waals surface area contributed by atoms with Gasteiger partial charge >= 0.3 is 0 Å². The van der Waals surface area contributed by atoms with Gasteiger partial charge in [0, 0.05) is 22.4 Å². The third-order valence-electron chi connectivity index (χ3n) is 3.90. The lowest BCUT2D eigenvalue weighted by Crippen LogP contribution is -2.41. The van der Waals surface area contributed by atoms with E-state index in [2.05, 4.69) is 15.6 Å². The summed E-state index contributed by atoms with van der Waals surface area (Å²) in [6.45, 7) is 7.53. The number of benzene rings is 1. The van der Waals surface area contributed by atoms with E-state index in [0.29, 0.717) is 16.2 Å². The smallest absolute Gasteiger partial charge is 0.288 e. The number of halogens is 1. The molecule has 2 N–H and O–H groups in total. The van der Waals surface area contributed by atoms with Crippen molar-refractivity contribution < 1.29 is 9.59 Å². The van der Waals surface area contributed by atoms with Crippen molar-refractivity contribution in [3.8, 4) is 0 Å². The summed E-state index contributed by atoms with van der Waals surface area (Å²) < 4.78 is 1.61. The average Bonchev–Trinajstić information content (AvgIpc) is 2.96. The molecule has 0 spiro atoms. The molecule has 1 aromatic carbocycles. The average molecular weight is 385 g/mol. The van der Waals surface area contributed by atoms with Crippen molar-refractivity contribution in [2.24, 2.45) is 0 Å². The number of imidazole rings is 1. The maximum Gasteiger partial charge on any atom is 0.288 e. The molecule has 7 heteroatoms. The van der Waals surface area contributed by atoms with Crippen molar-refractivity contribution in [1.82, 2.24) is 14.7 Å². The summed E-state index contributed by atoms with van der Waals surface area (Å²) in [6.07, 6.45) is 1.71. The van der Waals surface area contributed by atoms with E-state index in [1.54, 1.807) is 40.9 Å². The summed E-state index contributed by atoms with van der Waals surface area (Å²) in [6, 6.07) is 10.6. The van der Waals surface area contributed by atoms with Crippen LogP contribution >= 0.6 is 11.6 Å². The molecule has 0 atom stereocenters. The third-order valence-corrected chi connectivity index (χ3v) is 4.14. The summed E-state index contributed by atoms with van der Waals surface area (Å²) in [5.74, 6) is -0.589. The Morgan fingerprint density at radius 3 is 2.56 bits per heavy atom. The number of carbonyl (C=O) groups excluding carboxylic acids is 2. The minimum absolute atomic E-state index is 0.161. The van der Waals surface area contributed by atoms with Gasteiger partial charge < -0.3 is 10.6 Å². The second-order valence-corrected chi connectivity index (χ2v) is 7.79. The Bertz CT molecular complexity index is 1030. The number of rotatable bonds is 3. The highest BCUT2D eigenvalue weighted by atomic mass is 35.5. The summed E-state index contributed by atoms with van der Waals surface area (Å²) >= 11 is 6.02. The third kappa shape index (κ3) is 4.11. The van der Waals surface area contributed by atoms with Crippen LogP contribution in [-0.4, -0.2) is 26.7 Å². The van der Waals surface area contributed by atoms with Gasteiger partial charge in [-0.05, 0) is 57.5 Å². The van der Waals surface area contributed by atoms with Crippen LogP contribution in [0.2, 0.25) is 5.02 Å². The van der Waals surface area contributed by atoms with E-state index in [1.807, 2.05) is 33.8 Å². The predicted octanol–water partition coefficient (Wildman–Crippen LogP) is 4.08. The molecule has 0 aliphatic carbocycles. The maximum atomic E-state index is 12.9. The Morgan fingerprint density at radius 2 is 1.85 bits per heavy atom. The fraction of sp³-hybridized carbons (Fsp3) is 0.250. The number of amides is 2. The number of aryl methyl sites for hydroxylation is 1. The Kier molecular flexibility index (Phi) is 4.93. The van der Waals surface area contributed by atoms with E-state index >= 15 is 0 Å². The standard InChI is InChI=1S/C20H21ClN4O2/c1-12-8-9-13(21)11-14(12)22-18(26)16-15-7-5-6-10-25(15)17(23-16)19(27)24-20(2,3)4/h5-11H,1-4H3,(H,22,26)(H,24,27). The van der Waals surface area contributed by atoms with Gasteiger partial charge in [0.05, 0.1) is 5.52 Å². The second-order valence-electron chi connectivity index (χ2n) is 7.36. The topological polar surface area (TPSA) is 75.5 Å². The Morgan fingerprint density at radius 1 is 1.11 bits per heavy atom. The SMILES string of the molecule is Cc1ccc(Cl)cc1NC(=O)c1nc(C(=O)NC(C)(C)C)n2ccccc12. The van der Waals surface area contributed by atoms with Crippen LogP contribution in [0, 0.1) is 6.92 Å². The van der Waals surface area contributed by atoms with Crippen molar-refractivity contribution in [3.05, 3.63) is 64.7 Å². The van der Waals surface area contributed by atoms with Crippen molar-refractivity contribution in [1.29, 1.82) is 0 Å². The molecule has 0 bridgehead atoms. The van der Waals surface area contributed by atoms with Crippen LogP contribution in [0.1, 0.15) is 47.4 Å². The molecule has 0 saturated carbocycles. The molecule has 2 amide bonds. The van der Waals surface area contributed by atoms with Crippen LogP contribution in [0.15, 0.2) is 42.6 Å². The van der Waals surface area contributed by atoms with Crippen molar-refractivity contribution in [2.45, 2.75) is 33.2 Å². The normalized spacial score (nSPS) is 11.4. The van der Waals surface area contributed by atoms with Gasteiger partial charge in [-0.1, -0.05) is 23.7 Å². The van der Waals surface area contributed by atoms with Gasteiger partial charge in [-0.3, -0.25) is 14.0 Å². The first-order chi connectivity index (χ1) is 12.7. The van der Waals surface area contributed by atoms with Crippen molar-refractivity contribution in [3.63, 3.8) is 0 Å². The molecule has 2 heterocycles. The number of nitrogens with zero attached hydrogens (tertiary/aromatic N) is 2. The van der Waals surface area contributed by atoms with Gasteiger partial charge in [-0.25, -0.2) is 4.98 Å². The van der Waals surface area contributed by atoms with Crippen LogP contribution in [0.25, 0.3) is 5.52 Å². The number of nitrogens with one attached hydrogen (secondary N) is 2. The molecule has 2 aromatic heterocycles. The maximum absolute atomic E-state index is 12.9.